The maximum absolute atomic E-state index is 11.5. The Morgan fingerprint density at radius 1 is 1.31 bits per heavy atom. The second-order valence-electron chi connectivity index (χ2n) is 4.01. The molecule has 0 saturated carbocycles. The first-order valence-corrected chi connectivity index (χ1v) is 6.33. The summed E-state index contributed by atoms with van der Waals surface area (Å²) in [5.41, 5.74) is 2.33. The summed E-state index contributed by atoms with van der Waals surface area (Å²) in [4.78, 5) is 11.5. The number of carbonyl (C=O) groups excluding carboxylic acids is 1. The Kier molecular flexibility index (Phi) is 3.42. The molecule has 0 aliphatic heterocycles. The SMILES string of the molecule is O=C1CCc2ccc(C(O)C(O)CBr)cc21. The van der Waals surface area contributed by atoms with Crippen molar-refractivity contribution >= 4 is 21.7 Å². The molecule has 2 rings (SSSR count). The van der Waals surface area contributed by atoms with Gasteiger partial charge in [-0.05, 0) is 23.6 Å². The molecule has 0 saturated heterocycles. The molecule has 1 aromatic carbocycles. The van der Waals surface area contributed by atoms with E-state index in [1.807, 2.05) is 6.07 Å². The average molecular weight is 285 g/mol. The average Bonchev–Trinajstić information content (AvgIpc) is 2.68. The molecule has 2 unspecified atom stereocenters. The minimum Gasteiger partial charge on any atom is -0.389 e. The van der Waals surface area contributed by atoms with E-state index < -0.39 is 12.2 Å². The molecule has 2 atom stereocenters. The van der Waals surface area contributed by atoms with Crippen LogP contribution in [0.5, 0.6) is 0 Å². The lowest BCUT2D eigenvalue weighted by Crippen LogP contribution is -2.19. The zero-order valence-electron chi connectivity index (χ0n) is 8.69. The third-order valence-electron chi connectivity index (χ3n) is 2.92. The number of rotatable bonds is 3. The van der Waals surface area contributed by atoms with Gasteiger partial charge in [-0.25, -0.2) is 0 Å². The van der Waals surface area contributed by atoms with E-state index in [0.717, 1.165) is 12.0 Å². The summed E-state index contributed by atoms with van der Waals surface area (Å²) in [6.07, 6.45) is -0.464. The number of Topliss-reactive ketones (excluding diaryl/α,β-unsaturated/α-hetero) is 1. The number of aliphatic hydroxyl groups is 2. The normalized spacial score (nSPS) is 18.3. The second kappa shape index (κ2) is 4.65. The molecule has 0 fully saturated rings. The van der Waals surface area contributed by atoms with Crippen LogP contribution in [0.3, 0.4) is 0 Å². The summed E-state index contributed by atoms with van der Waals surface area (Å²) < 4.78 is 0. The van der Waals surface area contributed by atoms with Gasteiger partial charge in [0.05, 0.1) is 6.10 Å². The number of aliphatic hydroxyl groups excluding tert-OH is 2. The van der Waals surface area contributed by atoms with Gasteiger partial charge in [-0.15, -0.1) is 0 Å². The zero-order chi connectivity index (χ0) is 11.7. The molecule has 86 valence electrons. The van der Waals surface area contributed by atoms with Crippen LogP contribution < -0.4 is 0 Å². The Balaban J connectivity index is 2.31. The van der Waals surface area contributed by atoms with Crippen LogP contribution in [0.25, 0.3) is 0 Å². The van der Waals surface area contributed by atoms with Gasteiger partial charge in [0.25, 0.3) is 0 Å². The summed E-state index contributed by atoms with van der Waals surface area (Å²) in [6, 6.07) is 5.33. The maximum Gasteiger partial charge on any atom is 0.163 e. The molecule has 16 heavy (non-hydrogen) atoms. The van der Waals surface area contributed by atoms with Crippen LogP contribution >= 0.6 is 15.9 Å². The van der Waals surface area contributed by atoms with Gasteiger partial charge in [0.2, 0.25) is 0 Å². The zero-order valence-corrected chi connectivity index (χ0v) is 10.3. The third-order valence-corrected chi connectivity index (χ3v) is 3.58. The number of ketones is 1. The fourth-order valence-electron chi connectivity index (χ4n) is 1.95. The van der Waals surface area contributed by atoms with E-state index in [4.69, 9.17) is 0 Å². The van der Waals surface area contributed by atoms with Crippen molar-refractivity contribution in [3.05, 3.63) is 34.9 Å². The smallest absolute Gasteiger partial charge is 0.163 e. The van der Waals surface area contributed by atoms with Gasteiger partial charge in [0, 0.05) is 17.3 Å². The quantitative estimate of drug-likeness (QED) is 0.829. The summed E-state index contributed by atoms with van der Waals surface area (Å²) in [6.45, 7) is 0. The highest BCUT2D eigenvalue weighted by molar-refractivity contribution is 9.09. The third kappa shape index (κ3) is 2.05. The fourth-order valence-corrected chi connectivity index (χ4v) is 2.30. The number of halogens is 1. The van der Waals surface area contributed by atoms with Crippen molar-refractivity contribution in [2.45, 2.75) is 25.0 Å². The Labute approximate surface area is 102 Å². The first kappa shape index (κ1) is 11.8. The summed E-state index contributed by atoms with van der Waals surface area (Å²) in [7, 11) is 0. The highest BCUT2D eigenvalue weighted by atomic mass is 79.9. The summed E-state index contributed by atoms with van der Waals surface area (Å²) in [5, 5.41) is 19.6. The first-order chi connectivity index (χ1) is 7.63. The van der Waals surface area contributed by atoms with Crippen molar-refractivity contribution in [1.29, 1.82) is 0 Å². The molecule has 0 radical (unpaired) electrons. The number of carbonyl (C=O) groups is 1. The molecule has 1 aliphatic carbocycles. The number of hydrogen-bond acceptors (Lipinski definition) is 3. The molecule has 0 aromatic heterocycles. The summed E-state index contributed by atoms with van der Waals surface area (Å²) >= 11 is 3.11. The summed E-state index contributed by atoms with van der Waals surface area (Å²) in [5.74, 6) is 0.123. The van der Waals surface area contributed by atoms with Crippen molar-refractivity contribution < 1.29 is 15.0 Å². The Bertz CT molecular complexity index is 417. The van der Waals surface area contributed by atoms with Crippen LogP contribution in [-0.4, -0.2) is 27.4 Å². The van der Waals surface area contributed by atoms with Gasteiger partial charge in [-0.1, -0.05) is 28.1 Å². The number of aryl methyl sites for hydroxylation is 1. The molecule has 0 bridgehead atoms. The van der Waals surface area contributed by atoms with Gasteiger partial charge in [-0.2, -0.15) is 0 Å². The number of fused-ring (bicyclic) bond motifs is 1. The lowest BCUT2D eigenvalue weighted by molar-refractivity contribution is 0.0342. The van der Waals surface area contributed by atoms with Gasteiger partial charge in [0.1, 0.15) is 6.10 Å². The Morgan fingerprint density at radius 2 is 2.06 bits per heavy atom. The largest absolute Gasteiger partial charge is 0.389 e. The lowest BCUT2D eigenvalue weighted by atomic mass is 10.00. The van der Waals surface area contributed by atoms with E-state index in [1.165, 1.54) is 0 Å². The van der Waals surface area contributed by atoms with Crippen LogP contribution in [0.1, 0.15) is 34.0 Å². The van der Waals surface area contributed by atoms with Gasteiger partial charge in [-0.3, -0.25) is 4.79 Å². The van der Waals surface area contributed by atoms with E-state index in [-0.39, 0.29) is 5.78 Å². The number of alkyl halides is 1. The van der Waals surface area contributed by atoms with E-state index in [0.29, 0.717) is 22.9 Å². The maximum atomic E-state index is 11.5. The molecule has 1 aliphatic rings. The van der Waals surface area contributed by atoms with Crippen molar-refractivity contribution in [3.8, 4) is 0 Å². The highest BCUT2D eigenvalue weighted by Crippen LogP contribution is 2.27. The predicted octanol–water partition coefficient (Wildman–Crippen LogP) is 1.60. The van der Waals surface area contributed by atoms with Gasteiger partial charge < -0.3 is 10.2 Å². The molecule has 0 heterocycles. The molecule has 4 heteroatoms. The standard InChI is InChI=1S/C12H13BrO3/c13-6-11(15)12(16)8-2-1-7-3-4-10(14)9(7)5-8/h1-2,5,11-12,15-16H,3-4,6H2. The fraction of sp³-hybridized carbons (Fsp3) is 0.417. The molecule has 0 amide bonds. The van der Waals surface area contributed by atoms with E-state index in [1.54, 1.807) is 12.1 Å². The predicted molar refractivity (Wildman–Crippen MR) is 63.9 cm³/mol. The molecule has 1 aromatic rings. The van der Waals surface area contributed by atoms with E-state index >= 15 is 0 Å². The van der Waals surface area contributed by atoms with E-state index in [2.05, 4.69) is 15.9 Å². The number of benzene rings is 1. The Hall–Kier alpha value is -0.710. The topological polar surface area (TPSA) is 57.5 Å². The molecule has 2 N–H and O–H groups in total. The van der Waals surface area contributed by atoms with E-state index in [9.17, 15) is 15.0 Å². The van der Waals surface area contributed by atoms with Crippen molar-refractivity contribution in [3.63, 3.8) is 0 Å². The molecule has 0 spiro atoms. The monoisotopic (exact) mass is 284 g/mol. The van der Waals surface area contributed by atoms with Crippen LogP contribution in [0.15, 0.2) is 18.2 Å². The van der Waals surface area contributed by atoms with Crippen molar-refractivity contribution in [1.82, 2.24) is 0 Å². The molecular formula is C12H13BrO3. The highest BCUT2D eigenvalue weighted by Gasteiger charge is 2.23. The van der Waals surface area contributed by atoms with Gasteiger partial charge in [0.15, 0.2) is 5.78 Å². The number of hydrogen-bond donors (Lipinski definition) is 2. The molecule has 3 nitrogen and oxygen atoms in total. The van der Waals surface area contributed by atoms with Crippen molar-refractivity contribution in [2.24, 2.45) is 0 Å². The minimum absolute atomic E-state index is 0.123. The first-order valence-electron chi connectivity index (χ1n) is 5.21. The van der Waals surface area contributed by atoms with Crippen LogP contribution in [0, 0.1) is 0 Å². The molecular weight excluding hydrogens is 272 g/mol. The second-order valence-corrected chi connectivity index (χ2v) is 4.65. The van der Waals surface area contributed by atoms with Crippen molar-refractivity contribution in [2.75, 3.05) is 5.33 Å². The Morgan fingerprint density at radius 3 is 2.75 bits per heavy atom. The minimum atomic E-state index is -0.946. The van der Waals surface area contributed by atoms with Crippen LogP contribution in [0.4, 0.5) is 0 Å². The van der Waals surface area contributed by atoms with Gasteiger partial charge >= 0.3 is 0 Å². The van der Waals surface area contributed by atoms with Crippen LogP contribution in [-0.2, 0) is 6.42 Å². The lowest BCUT2D eigenvalue weighted by Gasteiger charge is -2.16. The van der Waals surface area contributed by atoms with Crippen LogP contribution in [0.2, 0.25) is 0 Å².